The van der Waals surface area contributed by atoms with Gasteiger partial charge in [0, 0.05) is 5.69 Å². The lowest BCUT2D eigenvalue weighted by Gasteiger charge is -2.12. The Morgan fingerprint density at radius 3 is 2.88 bits per heavy atom. The van der Waals surface area contributed by atoms with Crippen molar-refractivity contribution >= 4 is 23.3 Å². The number of benzene rings is 1. The van der Waals surface area contributed by atoms with Crippen LogP contribution < -0.4 is 10.6 Å². The molecule has 2 amide bonds. The number of carbonyl (C=O) groups is 1. The average molecular weight is 254 g/mol. The zero-order valence-corrected chi connectivity index (χ0v) is 9.95. The van der Waals surface area contributed by atoms with Crippen molar-refractivity contribution in [2.45, 2.75) is 13.0 Å². The quantitative estimate of drug-likeness (QED) is 0.767. The van der Waals surface area contributed by atoms with Crippen molar-refractivity contribution in [3.63, 3.8) is 0 Å². The molecule has 0 saturated heterocycles. The Morgan fingerprint density at radius 2 is 2.35 bits per heavy atom. The minimum absolute atomic E-state index is 0.137. The molecule has 0 aliphatic heterocycles. The Labute approximate surface area is 104 Å². The van der Waals surface area contributed by atoms with Gasteiger partial charge in [0.05, 0.1) is 23.2 Å². The van der Waals surface area contributed by atoms with Crippen LogP contribution in [0.25, 0.3) is 0 Å². The third-order valence-electron chi connectivity index (χ3n) is 2.00. The molecule has 0 heterocycles. The zero-order chi connectivity index (χ0) is 12.8. The smallest absolute Gasteiger partial charge is 0.319 e. The number of nitriles is 1. The first kappa shape index (κ1) is 13.3. The largest absolute Gasteiger partial charge is 0.394 e. The molecule has 6 heteroatoms. The number of hydrogen-bond donors (Lipinski definition) is 3. The number of urea groups is 1. The third-order valence-corrected chi connectivity index (χ3v) is 2.31. The van der Waals surface area contributed by atoms with Crippen LogP contribution in [0.4, 0.5) is 10.5 Å². The van der Waals surface area contributed by atoms with E-state index in [1.54, 1.807) is 13.0 Å². The number of nitrogens with zero attached hydrogens (tertiary/aromatic N) is 1. The number of nitrogens with one attached hydrogen (secondary N) is 2. The molecular formula is C11H12ClN3O2. The van der Waals surface area contributed by atoms with Crippen molar-refractivity contribution in [3.8, 4) is 6.07 Å². The molecule has 90 valence electrons. The predicted octanol–water partition coefficient (Wildman–Crippen LogP) is 1.71. The summed E-state index contributed by atoms with van der Waals surface area (Å²) in [6, 6.07) is 5.74. The molecule has 0 fully saturated rings. The molecule has 1 atom stereocenters. The van der Waals surface area contributed by atoms with E-state index in [2.05, 4.69) is 10.6 Å². The van der Waals surface area contributed by atoms with Gasteiger partial charge in [0.1, 0.15) is 6.07 Å². The van der Waals surface area contributed by atoms with Crippen LogP contribution in [-0.4, -0.2) is 23.8 Å². The summed E-state index contributed by atoms with van der Waals surface area (Å²) < 4.78 is 0. The highest BCUT2D eigenvalue weighted by Crippen LogP contribution is 2.19. The van der Waals surface area contributed by atoms with Gasteiger partial charge in [0.2, 0.25) is 0 Å². The fraction of sp³-hybridized carbons (Fsp3) is 0.273. The summed E-state index contributed by atoms with van der Waals surface area (Å²) in [6.45, 7) is 1.53. The van der Waals surface area contributed by atoms with Crippen molar-refractivity contribution in [2.75, 3.05) is 11.9 Å². The molecule has 1 unspecified atom stereocenters. The number of anilines is 1. The van der Waals surface area contributed by atoms with Crippen LogP contribution in [0.3, 0.4) is 0 Å². The van der Waals surface area contributed by atoms with Crippen molar-refractivity contribution < 1.29 is 9.90 Å². The Hall–Kier alpha value is -1.77. The summed E-state index contributed by atoms with van der Waals surface area (Å²) in [5.41, 5.74) is 0.831. The van der Waals surface area contributed by atoms with E-state index in [0.29, 0.717) is 11.3 Å². The monoisotopic (exact) mass is 253 g/mol. The second-order valence-corrected chi connectivity index (χ2v) is 3.90. The number of aliphatic hydroxyl groups excluding tert-OH is 1. The van der Waals surface area contributed by atoms with Gasteiger partial charge in [-0.05, 0) is 25.1 Å². The summed E-state index contributed by atoms with van der Waals surface area (Å²) in [4.78, 5) is 11.4. The maximum atomic E-state index is 11.4. The summed E-state index contributed by atoms with van der Waals surface area (Å²) in [5.74, 6) is 0. The number of aliphatic hydroxyl groups is 1. The molecule has 0 aliphatic carbocycles. The first-order valence-corrected chi connectivity index (χ1v) is 5.32. The van der Waals surface area contributed by atoms with E-state index < -0.39 is 6.03 Å². The Bertz CT molecular complexity index is 457. The highest BCUT2D eigenvalue weighted by atomic mass is 35.5. The Kier molecular flexibility index (Phi) is 4.76. The van der Waals surface area contributed by atoms with E-state index in [1.807, 2.05) is 6.07 Å². The highest BCUT2D eigenvalue weighted by molar-refractivity contribution is 6.32. The molecule has 0 saturated carbocycles. The van der Waals surface area contributed by atoms with E-state index in [9.17, 15) is 4.79 Å². The molecule has 0 radical (unpaired) electrons. The molecule has 1 aromatic carbocycles. The molecule has 0 bridgehead atoms. The normalized spacial score (nSPS) is 11.4. The van der Waals surface area contributed by atoms with Crippen LogP contribution in [0, 0.1) is 11.3 Å². The van der Waals surface area contributed by atoms with Gasteiger partial charge in [-0.3, -0.25) is 0 Å². The SMILES string of the molecule is CC(CO)NC(=O)Nc1ccc(C#N)c(Cl)c1. The van der Waals surface area contributed by atoms with Crippen molar-refractivity contribution in [2.24, 2.45) is 0 Å². The predicted molar refractivity (Wildman–Crippen MR) is 64.9 cm³/mol. The van der Waals surface area contributed by atoms with Gasteiger partial charge in [-0.1, -0.05) is 11.6 Å². The molecule has 0 aliphatic rings. The lowest BCUT2D eigenvalue weighted by Crippen LogP contribution is -2.38. The number of amides is 2. The van der Waals surface area contributed by atoms with E-state index in [4.69, 9.17) is 22.0 Å². The number of rotatable bonds is 3. The van der Waals surface area contributed by atoms with Gasteiger partial charge in [-0.25, -0.2) is 4.79 Å². The van der Waals surface area contributed by atoms with Crippen LogP contribution >= 0.6 is 11.6 Å². The first-order valence-electron chi connectivity index (χ1n) is 4.95. The van der Waals surface area contributed by atoms with Gasteiger partial charge < -0.3 is 15.7 Å². The fourth-order valence-electron chi connectivity index (χ4n) is 1.12. The maximum absolute atomic E-state index is 11.4. The van der Waals surface area contributed by atoms with Gasteiger partial charge >= 0.3 is 6.03 Å². The number of hydrogen-bond acceptors (Lipinski definition) is 3. The van der Waals surface area contributed by atoms with Crippen molar-refractivity contribution in [1.82, 2.24) is 5.32 Å². The van der Waals surface area contributed by atoms with Crippen molar-refractivity contribution in [3.05, 3.63) is 28.8 Å². The van der Waals surface area contributed by atoms with Crippen LogP contribution in [-0.2, 0) is 0 Å². The Balaban J connectivity index is 2.67. The summed E-state index contributed by atoms with van der Waals surface area (Å²) in [7, 11) is 0. The van der Waals surface area contributed by atoms with Gasteiger partial charge in [0.25, 0.3) is 0 Å². The van der Waals surface area contributed by atoms with Gasteiger partial charge in [-0.15, -0.1) is 0 Å². The summed E-state index contributed by atoms with van der Waals surface area (Å²) in [5, 5.41) is 22.8. The van der Waals surface area contributed by atoms with Crippen LogP contribution in [0.2, 0.25) is 5.02 Å². The number of halogens is 1. The molecular weight excluding hydrogens is 242 g/mol. The van der Waals surface area contributed by atoms with E-state index in [-0.39, 0.29) is 17.7 Å². The molecule has 1 rings (SSSR count). The van der Waals surface area contributed by atoms with E-state index in [1.165, 1.54) is 12.1 Å². The topological polar surface area (TPSA) is 85.2 Å². The van der Waals surface area contributed by atoms with Gasteiger partial charge in [-0.2, -0.15) is 5.26 Å². The van der Waals surface area contributed by atoms with Crippen LogP contribution in [0.15, 0.2) is 18.2 Å². The van der Waals surface area contributed by atoms with Crippen molar-refractivity contribution in [1.29, 1.82) is 5.26 Å². The van der Waals surface area contributed by atoms with Crippen LogP contribution in [0.1, 0.15) is 12.5 Å². The summed E-state index contributed by atoms with van der Waals surface area (Å²) in [6.07, 6.45) is 0. The van der Waals surface area contributed by atoms with Crippen LogP contribution in [0.5, 0.6) is 0 Å². The molecule has 0 spiro atoms. The zero-order valence-electron chi connectivity index (χ0n) is 9.20. The lowest BCUT2D eigenvalue weighted by atomic mass is 10.2. The minimum atomic E-state index is -0.438. The molecule has 0 aromatic heterocycles. The summed E-state index contributed by atoms with van der Waals surface area (Å²) >= 11 is 5.81. The van der Waals surface area contributed by atoms with E-state index in [0.717, 1.165) is 0 Å². The highest BCUT2D eigenvalue weighted by Gasteiger charge is 2.07. The lowest BCUT2D eigenvalue weighted by molar-refractivity contribution is 0.229. The molecule has 1 aromatic rings. The Morgan fingerprint density at radius 1 is 1.65 bits per heavy atom. The number of carbonyl (C=O) groups excluding carboxylic acids is 1. The second-order valence-electron chi connectivity index (χ2n) is 3.49. The first-order chi connectivity index (χ1) is 8.06. The molecule has 5 nitrogen and oxygen atoms in total. The molecule has 17 heavy (non-hydrogen) atoms. The minimum Gasteiger partial charge on any atom is -0.394 e. The fourth-order valence-corrected chi connectivity index (χ4v) is 1.34. The standard InChI is InChI=1S/C11H12ClN3O2/c1-7(6-16)14-11(17)15-9-3-2-8(5-13)10(12)4-9/h2-4,7,16H,6H2,1H3,(H2,14,15,17). The third kappa shape index (κ3) is 3.94. The van der Waals surface area contributed by atoms with Gasteiger partial charge in [0.15, 0.2) is 0 Å². The maximum Gasteiger partial charge on any atom is 0.319 e. The second kappa shape index (κ2) is 6.09. The van der Waals surface area contributed by atoms with E-state index >= 15 is 0 Å². The molecule has 3 N–H and O–H groups in total. The average Bonchev–Trinajstić information content (AvgIpc) is 2.29.